The minimum atomic E-state index is -3.28. The number of rotatable bonds is 3. The lowest BCUT2D eigenvalue weighted by Gasteiger charge is -2.32. The van der Waals surface area contributed by atoms with Crippen molar-refractivity contribution in [2.45, 2.75) is 32.2 Å². The first-order valence-corrected chi connectivity index (χ1v) is 9.50. The quantitative estimate of drug-likeness (QED) is 0.852. The molecule has 1 aliphatic heterocycles. The summed E-state index contributed by atoms with van der Waals surface area (Å²) < 4.78 is 27.6. The van der Waals surface area contributed by atoms with Gasteiger partial charge in [0, 0.05) is 19.3 Å². The Bertz CT molecular complexity index is 815. The van der Waals surface area contributed by atoms with Crippen LogP contribution in [0.25, 0.3) is 11.4 Å². The Balaban J connectivity index is 2.05. The number of piperidine rings is 1. The summed E-state index contributed by atoms with van der Waals surface area (Å²) in [6.45, 7) is 2.43. The molecule has 0 N–H and O–H groups in total. The molecule has 0 amide bonds. The Morgan fingerprint density at radius 3 is 2.70 bits per heavy atom. The SMILES string of the molecule is Cc1cc(-c2cncn2C)nc([C@H]2CCCCN2S(C)(=O)=O)n1. The Hall–Kier alpha value is -1.80. The number of nitrogens with zero attached hydrogens (tertiary/aromatic N) is 5. The number of imidazole rings is 1. The van der Waals surface area contributed by atoms with Crippen molar-refractivity contribution in [1.29, 1.82) is 0 Å². The molecule has 7 nitrogen and oxygen atoms in total. The van der Waals surface area contributed by atoms with E-state index < -0.39 is 10.0 Å². The first kappa shape index (κ1) is 16.1. The van der Waals surface area contributed by atoms with Crippen LogP contribution < -0.4 is 0 Å². The van der Waals surface area contributed by atoms with E-state index in [0.717, 1.165) is 36.3 Å². The summed E-state index contributed by atoms with van der Waals surface area (Å²) in [6.07, 6.45) is 7.33. The highest BCUT2D eigenvalue weighted by molar-refractivity contribution is 7.88. The molecule has 0 aromatic carbocycles. The molecule has 1 atom stereocenters. The second kappa shape index (κ2) is 6.01. The molecule has 0 aliphatic carbocycles. The first-order valence-electron chi connectivity index (χ1n) is 7.65. The predicted molar refractivity (Wildman–Crippen MR) is 87.1 cm³/mol. The zero-order valence-corrected chi connectivity index (χ0v) is 14.4. The monoisotopic (exact) mass is 335 g/mol. The van der Waals surface area contributed by atoms with Gasteiger partial charge in [-0.25, -0.2) is 23.4 Å². The van der Waals surface area contributed by atoms with E-state index in [2.05, 4.69) is 15.0 Å². The maximum absolute atomic E-state index is 12.1. The summed E-state index contributed by atoms with van der Waals surface area (Å²) in [4.78, 5) is 13.3. The molecule has 1 saturated heterocycles. The van der Waals surface area contributed by atoms with Crippen molar-refractivity contribution in [3.63, 3.8) is 0 Å². The topological polar surface area (TPSA) is 81.0 Å². The van der Waals surface area contributed by atoms with Crippen molar-refractivity contribution in [2.24, 2.45) is 7.05 Å². The Morgan fingerprint density at radius 2 is 2.04 bits per heavy atom. The van der Waals surface area contributed by atoms with Crippen LogP contribution >= 0.6 is 0 Å². The van der Waals surface area contributed by atoms with E-state index in [1.807, 2.05) is 24.6 Å². The van der Waals surface area contributed by atoms with Crippen molar-refractivity contribution >= 4 is 10.0 Å². The van der Waals surface area contributed by atoms with E-state index in [9.17, 15) is 8.42 Å². The molecular weight excluding hydrogens is 314 g/mol. The highest BCUT2D eigenvalue weighted by Crippen LogP contribution is 2.32. The third-order valence-electron chi connectivity index (χ3n) is 4.13. The molecule has 0 radical (unpaired) electrons. The second-order valence-corrected chi connectivity index (χ2v) is 7.96. The van der Waals surface area contributed by atoms with E-state index in [0.29, 0.717) is 12.4 Å². The van der Waals surface area contributed by atoms with Crippen molar-refractivity contribution in [2.75, 3.05) is 12.8 Å². The van der Waals surface area contributed by atoms with E-state index in [-0.39, 0.29) is 6.04 Å². The fourth-order valence-electron chi connectivity index (χ4n) is 3.04. The lowest BCUT2D eigenvalue weighted by Crippen LogP contribution is -2.38. The van der Waals surface area contributed by atoms with Gasteiger partial charge in [0.1, 0.15) is 5.82 Å². The fourth-order valence-corrected chi connectivity index (χ4v) is 4.16. The Labute approximate surface area is 136 Å². The lowest BCUT2D eigenvalue weighted by molar-refractivity contribution is 0.248. The number of sulfonamides is 1. The Kier molecular flexibility index (Phi) is 4.20. The van der Waals surface area contributed by atoms with Crippen LogP contribution in [-0.2, 0) is 17.1 Å². The van der Waals surface area contributed by atoms with Crippen molar-refractivity contribution < 1.29 is 8.42 Å². The van der Waals surface area contributed by atoms with E-state index in [4.69, 9.17) is 0 Å². The average molecular weight is 335 g/mol. The highest BCUT2D eigenvalue weighted by Gasteiger charge is 2.32. The van der Waals surface area contributed by atoms with Gasteiger partial charge in [-0.1, -0.05) is 6.42 Å². The van der Waals surface area contributed by atoms with Gasteiger partial charge < -0.3 is 4.57 Å². The highest BCUT2D eigenvalue weighted by atomic mass is 32.2. The summed E-state index contributed by atoms with van der Waals surface area (Å²) in [5.74, 6) is 0.575. The Morgan fingerprint density at radius 1 is 1.26 bits per heavy atom. The van der Waals surface area contributed by atoms with Crippen LogP contribution in [0.3, 0.4) is 0 Å². The van der Waals surface area contributed by atoms with Crippen LogP contribution in [0.4, 0.5) is 0 Å². The molecule has 0 bridgehead atoms. The maximum atomic E-state index is 12.1. The normalized spacial score (nSPS) is 19.9. The van der Waals surface area contributed by atoms with Crippen LogP contribution in [-0.4, -0.2) is 45.0 Å². The van der Waals surface area contributed by atoms with Gasteiger partial charge in [-0.3, -0.25) is 0 Å². The molecule has 1 fully saturated rings. The molecule has 2 aromatic rings. The predicted octanol–water partition coefficient (Wildman–Crippen LogP) is 1.67. The summed E-state index contributed by atoms with van der Waals surface area (Å²) in [5.41, 5.74) is 2.48. The average Bonchev–Trinajstić information content (AvgIpc) is 2.92. The fraction of sp³-hybridized carbons (Fsp3) is 0.533. The minimum absolute atomic E-state index is 0.286. The molecular formula is C15H21N5O2S. The zero-order valence-electron chi connectivity index (χ0n) is 13.6. The van der Waals surface area contributed by atoms with Gasteiger partial charge in [-0.05, 0) is 25.8 Å². The largest absolute Gasteiger partial charge is 0.332 e. The second-order valence-electron chi connectivity index (χ2n) is 6.03. The summed E-state index contributed by atoms with van der Waals surface area (Å²) in [7, 11) is -1.37. The van der Waals surface area contributed by atoms with Crippen LogP contribution in [0.5, 0.6) is 0 Å². The third kappa shape index (κ3) is 3.28. The third-order valence-corrected chi connectivity index (χ3v) is 5.42. The summed E-state index contributed by atoms with van der Waals surface area (Å²) in [5, 5.41) is 0. The molecule has 0 spiro atoms. The van der Waals surface area contributed by atoms with Crippen LogP contribution in [0, 0.1) is 6.92 Å². The van der Waals surface area contributed by atoms with E-state index >= 15 is 0 Å². The number of hydrogen-bond acceptors (Lipinski definition) is 5. The van der Waals surface area contributed by atoms with Gasteiger partial charge in [-0.2, -0.15) is 4.31 Å². The van der Waals surface area contributed by atoms with Crippen molar-refractivity contribution in [3.8, 4) is 11.4 Å². The van der Waals surface area contributed by atoms with Gasteiger partial charge in [0.25, 0.3) is 0 Å². The van der Waals surface area contributed by atoms with Crippen LogP contribution in [0.1, 0.15) is 36.8 Å². The van der Waals surface area contributed by atoms with Gasteiger partial charge in [0.15, 0.2) is 0 Å². The zero-order chi connectivity index (χ0) is 16.6. The molecule has 0 unspecified atom stereocenters. The maximum Gasteiger partial charge on any atom is 0.211 e. The molecule has 0 saturated carbocycles. The molecule has 3 rings (SSSR count). The standard InChI is InChI=1S/C15H21N5O2S/c1-11-8-12(14-9-16-10-19(14)2)18-15(17-11)13-6-4-5-7-20(13)23(3,21)22/h8-10,13H,4-7H2,1-3H3/t13-/m1/s1. The van der Waals surface area contributed by atoms with Crippen LogP contribution in [0.2, 0.25) is 0 Å². The molecule has 2 aromatic heterocycles. The van der Waals surface area contributed by atoms with Gasteiger partial charge >= 0.3 is 0 Å². The summed E-state index contributed by atoms with van der Waals surface area (Å²) in [6, 6.07) is 1.61. The van der Waals surface area contributed by atoms with Gasteiger partial charge in [0.05, 0.1) is 36.2 Å². The van der Waals surface area contributed by atoms with E-state index in [1.165, 1.54) is 10.6 Å². The molecule has 124 valence electrons. The van der Waals surface area contributed by atoms with E-state index in [1.54, 1.807) is 12.5 Å². The molecule has 1 aliphatic rings. The summed E-state index contributed by atoms with van der Waals surface area (Å²) >= 11 is 0. The number of aromatic nitrogens is 4. The molecule has 3 heterocycles. The number of aryl methyl sites for hydroxylation is 2. The van der Waals surface area contributed by atoms with Gasteiger partial charge in [-0.15, -0.1) is 0 Å². The lowest BCUT2D eigenvalue weighted by atomic mass is 10.0. The number of hydrogen-bond donors (Lipinski definition) is 0. The van der Waals surface area contributed by atoms with Gasteiger partial charge in [0.2, 0.25) is 10.0 Å². The van der Waals surface area contributed by atoms with Crippen molar-refractivity contribution in [3.05, 3.63) is 30.1 Å². The van der Waals surface area contributed by atoms with Crippen LogP contribution in [0.15, 0.2) is 18.6 Å². The molecule has 8 heteroatoms. The van der Waals surface area contributed by atoms with Crippen molar-refractivity contribution in [1.82, 2.24) is 23.8 Å². The first-order chi connectivity index (χ1) is 10.9. The molecule has 23 heavy (non-hydrogen) atoms. The minimum Gasteiger partial charge on any atom is -0.332 e. The smallest absolute Gasteiger partial charge is 0.211 e.